The fourth-order valence-corrected chi connectivity index (χ4v) is 2.84. The molecule has 0 atom stereocenters. The summed E-state index contributed by atoms with van der Waals surface area (Å²) in [4.78, 5) is 31.4. The molecule has 0 saturated heterocycles. The second-order valence-corrected chi connectivity index (χ2v) is 6.90. The van der Waals surface area contributed by atoms with Crippen molar-refractivity contribution in [1.29, 1.82) is 0 Å². The summed E-state index contributed by atoms with van der Waals surface area (Å²) in [5, 5.41) is 2.69. The molecule has 3 rings (SSSR count). The number of pyridine rings is 1. The zero-order valence-corrected chi connectivity index (χ0v) is 16.3. The summed E-state index contributed by atoms with van der Waals surface area (Å²) in [5.74, 6) is -1.03. The lowest BCUT2D eigenvalue weighted by molar-refractivity contribution is 0.0684. The molecule has 0 aliphatic rings. The molecular formula is C23H22FN3O2. The van der Waals surface area contributed by atoms with Crippen molar-refractivity contribution >= 4 is 17.5 Å². The molecule has 1 N–H and O–H groups in total. The normalized spacial score (nSPS) is 10.6. The Bertz CT molecular complexity index is 989. The average molecular weight is 391 g/mol. The Hall–Kier alpha value is -3.54. The van der Waals surface area contributed by atoms with Crippen LogP contribution in [0.15, 0.2) is 72.9 Å². The van der Waals surface area contributed by atoms with Crippen molar-refractivity contribution in [1.82, 2.24) is 9.88 Å². The minimum absolute atomic E-state index is 0.0406. The van der Waals surface area contributed by atoms with E-state index in [0.717, 1.165) is 5.56 Å². The second kappa shape index (κ2) is 9.10. The first-order valence-corrected chi connectivity index (χ1v) is 9.32. The highest BCUT2D eigenvalue weighted by atomic mass is 19.1. The first-order chi connectivity index (χ1) is 13.9. The van der Waals surface area contributed by atoms with E-state index < -0.39 is 5.91 Å². The molecule has 2 aromatic carbocycles. The van der Waals surface area contributed by atoms with E-state index in [1.54, 1.807) is 4.90 Å². The monoisotopic (exact) mass is 391 g/mol. The summed E-state index contributed by atoms with van der Waals surface area (Å²) >= 11 is 0. The van der Waals surface area contributed by atoms with Crippen LogP contribution in [-0.4, -0.2) is 27.7 Å². The SMILES string of the molecule is CC(C)N(Cc1ccccc1)C(=O)c1cc(C(=O)Nc2ccc(F)cc2)ccn1. The van der Waals surface area contributed by atoms with E-state index in [1.165, 1.54) is 42.6 Å². The summed E-state index contributed by atoms with van der Waals surface area (Å²) in [6, 6.07) is 18.1. The van der Waals surface area contributed by atoms with E-state index in [1.807, 2.05) is 44.2 Å². The standard InChI is InChI=1S/C23H22FN3O2/c1-16(2)27(15-17-6-4-3-5-7-17)23(29)21-14-18(12-13-25-21)22(28)26-20-10-8-19(24)9-11-20/h3-14,16H,15H2,1-2H3,(H,26,28). The summed E-state index contributed by atoms with van der Waals surface area (Å²) < 4.78 is 13.0. The van der Waals surface area contributed by atoms with E-state index in [-0.39, 0.29) is 23.5 Å². The van der Waals surface area contributed by atoms with Gasteiger partial charge < -0.3 is 10.2 Å². The number of aromatic nitrogens is 1. The number of nitrogens with zero attached hydrogens (tertiary/aromatic N) is 2. The minimum Gasteiger partial charge on any atom is -0.331 e. The zero-order valence-electron chi connectivity index (χ0n) is 16.3. The average Bonchev–Trinajstić information content (AvgIpc) is 2.74. The molecule has 0 aliphatic heterocycles. The zero-order chi connectivity index (χ0) is 20.8. The van der Waals surface area contributed by atoms with Crippen molar-refractivity contribution in [3.8, 4) is 0 Å². The molecule has 0 saturated carbocycles. The van der Waals surface area contributed by atoms with E-state index in [2.05, 4.69) is 10.3 Å². The molecule has 0 spiro atoms. The molecule has 6 heteroatoms. The third-order valence-electron chi connectivity index (χ3n) is 4.42. The van der Waals surface area contributed by atoms with Crippen LogP contribution in [0.2, 0.25) is 0 Å². The third-order valence-corrected chi connectivity index (χ3v) is 4.42. The Balaban J connectivity index is 1.78. The van der Waals surface area contributed by atoms with Crippen LogP contribution in [0.25, 0.3) is 0 Å². The van der Waals surface area contributed by atoms with Gasteiger partial charge in [0.15, 0.2) is 0 Å². The van der Waals surface area contributed by atoms with Gasteiger partial charge in [-0.15, -0.1) is 0 Å². The summed E-state index contributed by atoms with van der Waals surface area (Å²) in [6.07, 6.45) is 1.44. The van der Waals surface area contributed by atoms with Crippen LogP contribution in [0.5, 0.6) is 0 Å². The lowest BCUT2D eigenvalue weighted by atomic mass is 10.1. The van der Waals surface area contributed by atoms with Crippen LogP contribution in [0.1, 0.15) is 40.3 Å². The number of carbonyl (C=O) groups is 2. The van der Waals surface area contributed by atoms with Gasteiger partial charge in [0.25, 0.3) is 11.8 Å². The van der Waals surface area contributed by atoms with E-state index >= 15 is 0 Å². The van der Waals surface area contributed by atoms with E-state index in [9.17, 15) is 14.0 Å². The molecule has 29 heavy (non-hydrogen) atoms. The van der Waals surface area contributed by atoms with Crippen molar-refractivity contribution in [2.45, 2.75) is 26.4 Å². The number of carbonyl (C=O) groups excluding carboxylic acids is 2. The van der Waals surface area contributed by atoms with Crippen LogP contribution < -0.4 is 5.32 Å². The van der Waals surface area contributed by atoms with Gasteiger partial charge in [0.05, 0.1) is 0 Å². The Labute approximate surface area is 169 Å². The van der Waals surface area contributed by atoms with E-state index in [0.29, 0.717) is 17.8 Å². The van der Waals surface area contributed by atoms with Crippen molar-refractivity contribution in [2.24, 2.45) is 0 Å². The van der Waals surface area contributed by atoms with Gasteiger partial charge in [-0.3, -0.25) is 14.6 Å². The summed E-state index contributed by atoms with van der Waals surface area (Å²) in [6.45, 7) is 4.32. The van der Waals surface area contributed by atoms with Gasteiger partial charge in [-0.2, -0.15) is 0 Å². The van der Waals surface area contributed by atoms with Gasteiger partial charge in [0.1, 0.15) is 11.5 Å². The van der Waals surface area contributed by atoms with Gasteiger partial charge in [0, 0.05) is 30.0 Å². The smallest absolute Gasteiger partial charge is 0.272 e. The number of benzene rings is 2. The predicted octanol–water partition coefficient (Wildman–Crippen LogP) is 4.52. The number of rotatable bonds is 6. The number of nitrogens with one attached hydrogen (secondary N) is 1. The maximum Gasteiger partial charge on any atom is 0.272 e. The van der Waals surface area contributed by atoms with Crippen LogP contribution in [0, 0.1) is 5.82 Å². The molecule has 2 amide bonds. The Kier molecular flexibility index (Phi) is 6.34. The number of halogens is 1. The number of amides is 2. The first-order valence-electron chi connectivity index (χ1n) is 9.32. The minimum atomic E-state index is -0.396. The topological polar surface area (TPSA) is 62.3 Å². The molecule has 0 aliphatic carbocycles. The van der Waals surface area contributed by atoms with Crippen LogP contribution in [0.3, 0.4) is 0 Å². The van der Waals surface area contributed by atoms with Gasteiger partial charge in [-0.05, 0) is 55.8 Å². The molecule has 148 valence electrons. The molecule has 0 unspecified atom stereocenters. The highest BCUT2D eigenvalue weighted by Gasteiger charge is 2.21. The fourth-order valence-electron chi connectivity index (χ4n) is 2.84. The maximum atomic E-state index is 13.1. The quantitative estimate of drug-likeness (QED) is 0.672. The summed E-state index contributed by atoms with van der Waals surface area (Å²) in [7, 11) is 0. The lowest BCUT2D eigenvalue weighted by Gasteiger charge is -2.26. The second-order valence-electron chi connectivity index (χ2n) is 6.90. The predicted molar refractivity (Wildman–Crippen MR) is 110 cm³/mol. The van der Waals surface area contributed by atoms with Gasteiger partial charge in [-0.25, -0.2) is 4.39 Å². The molecule has 0 radical (unpaired) electrons. The molecular weight excluding hydrogens is 369 g/mol. The van der Waals surface area contributed by atoms with E-state index in [4.69, 9.17) is 0 Å². The van der Waals surface area contributed by atoms with Crippen LogP contribution in [-0.2, 0) is 6.54 Å². The highest BCUT2D eigenvalue weighted by Crippen LogP contribution is 2.15. The van der Waals surface area contributed by atoms with Crippen molar-refractivity contribution in [3.05, 3.63) is 95.6 Å². The number of hydrogen-bond donors (Lipinski definition) is 1. The molecule has 3 aromatic rings. The largest absolute Gasteiger partial charge is 0.331 e. The number of hydrogen-bond acceptors (Lipinski definition) is 3. The van der Waals surface area contributed by atoms with Crippen LogP contribution >= 0.6 is 0 Å². The van der Waals surface area contributed by atoms with Gasteiger partial charge in [0.2, 0.25) is 0 Å². The van der Waals surface area contributed by atoms with Crippen molar-refractivity contribution in [2.75, 3.05) is 5.32 Å². The molecule has 5 nitrogen and oxygen atoms in total. The van der Waals surface area contributed by atoms with Crippen molar-refractivity contribution in [3.63, 3.8) is 0 Å². The van der Waals surface area contributed by atoms with Crippen molar-refractivity contribution < 1.29 is 14.0 Å². The maximum absolute atomic E-state index is 13.1. The Morgan fingerprint density at radius 3 is 2.38 bits per heavy atom. The van der Waals surface area contributed by atoms with Gasteiger partial charge in [-0.1, -0.05) is 30.3 Å². The molecule has 0 fully saturated rings. The molecule has 1 heterocycles. The number of anilines is 1. The van der Waals surface area contributed by atoms with Gasteiger partial charge >= 0.3 is 0 Å². The Morgan fingerprint density at radius 2 is 1.72 bits per heavy atom. The molecule has 0 bridgehead atoms. The fraction of sp³-hybridized carbons (Fsp3) is 0.174. The molecule has 1 aromatic heterocycles. The van der Waals surface area contributed by atoms with Crippen LogP contribution in [0.4, 0.5) is 10.1 Å². The third kappa shape index (κ3) is 5.25. The summed E-state index contributed by atoms with van der Waals surface area (Å²) in [5.41, 5.74) is 1.98. The first kappa shape index (κ1) is 20.2. The highest BCUT2D eigenvalue weighted by molar-refractivity contribution is 6.05. The lowest BCUT2D eigenvalue weighted by Crippen LogP contribution is -2.37. The Morgan fingerprint density at radius 1 is 1.03 bits per heavy atom.